The Morgan fingerprint density at radius 3 is 2.40 bits per heavy atom. The van der Waals surface area contributed by atoms with Crippen molar-refractivity contribution in [3.8, 4) is 0 Å². The van der Waals surface area contributed by atoms with Gasteiger partial charge in [-0.3, -0.25) is 4.68 Å². The zero-order chi connectivity index (χ0) is 5.98. The molecule has 0 spiro atoms. The van der Waals surface area contributed by atoms with E-state index in [9.17, 15) is 0 Å². The maximum atomic E-state index is 5.04. The highest BCUT2D eigenvalue weighted by molar-refractivity contribution is 5.85. The summed E-state index contributed by atoms with van der Waals surface area (Å²) in [6, 6.07) is 1.79. The average molecular weight is 185 g/mol. The van der Waals surface area contributed by atoms with Gasteiger partial charge in [0, 0.05) is 19.3 Å². The van der Waals surface area contributed by atoms with Crippen molar-refractivity contribution in [2.45, 2.75) is 0 Å². The summed E-state index contributed by atoms with van der Waals surface area (Å²) in [4.78, 5) is 0. The quantitative estimate of drug-likeness (QED) is 0.496. The van der Waals surface area contributed by atoms with Gasteiger partial charge in [-0.05, 0) is 0 Å². The molecule has 1 rings (SSSR count). The summed E-state index contributed by atoms with van der Waals surface area (Å²) in [6.45, 7) is 0. The first-order valence-corrected chi connectivity index (χ1v) is 2.29. The van der Waals surface area contributed by atoms with Crippen molar-refractivity contribution in [3.05, 3.63) is 12.3 Å². The summed E-state index contributed by atoms with van der Waals surface area (Å²) in [7, 11) is 1.83. The number of nitrogens with zero attached hydrogens (tertiary/aromatic N) is 2. The third-order valence-corrected chi connectivity index (χ3v) is 0.861. The van der Waals surface area contributed by atoms with Crippen LogP contribution in [-0.4, -0.2) is 9.78 Å². The van der Waals surface area contributed by atoms with Gasteiger partial charge in [-0.25, -0.2) is 5.84 Å². The summed E-state index contributed by atoms with van der Waals surface area (Å²) in [5.74, 6) is 5.72. The molecule has 1 aromatic heterocycles. The standard InChI is InChI=1S/C4H8N4.2ClH/c1-8-3-2-4(6-5)7-8;;/h2-3H,5H2,1H3,(H,6,7);2*1H. The molecule has 0 unspecified atom stereocenters. The number of nitrogens with one attached hydrogen (secondary N) is 1. The molecule has 0 amide bonds. The number of aromatic nitrogens is 2. The second-order valence-corrected chi connectivity index (χ2v) is 1.52. The van der Waals surface area contributed by atoms with Crippen LogP contribution in [0.2, 0.25) is 0 Å². The van der Waals surface area contributed by atoms with Gasteiger partial charge in [0.05, 0.1) is 0 Å². The molecular formula is C4H10Cl2N4. The van der Waals surface area contributed by atoms with E-state index in [0.29, 0.717) is 5.82 Å². The third-order valence-electron chi connectivity index (χ3n) is 0.861. The largest absolute Gasteiger partial charge is 0.307 e. The smallest absolute Gasteiger partial charge is 0.161 e. The van der Waals surface area contributed by atoms with Crippen molar-refractivity contribution in [3.63, 3.8) is 0 Å². The molecule has 0 atom stereocenters. The average Bonchev–Trinajstić information content (AvgIpc) is 2.14. The number of hydrogen-bond donors (Lipinski definition) is 2. The highest BCUT2D eigenvalue weighted by Crippen LogP contribution is 1.95. The molecule has 10 heavy (non-hydrogen) atoms. The van der Waals surface area contributed by atoms with Gasteiger partial charge in [0.15, 0.2) is 5.82 Å². The van der Waals surface area contributed by atoms with E-state index in [1.54, 1.807) is 10.7 Å². The van der Waals surface area contributed by atoms with E-state index in [-0.39, 0.29) is 24.8 Å². The van der Waals surface area contributed by atoms with Crippen molar-refractivity contribution in [2.75, 3.05) is 5.43 Å². The SMILES string of the molecule is Cl.Cl.Cn1ccc(NN)n1. The van der Waals surface area contributed by atoms with Crippen LogP contribution in [0.4, 0.5) is 5.82 Å². The number of halogens is 2. The normalized spacial score (nSPS) is 7.40. The molecule has 0 fully saturated rings. The lowest BCUT2D eigenvalue weighted by Gasteiger charge is -1.87. The molecule has 0 aliphatic carbocycles. The van der Waals surface area contributed by atoms with Crippen molar-refractivity contribution in [1.29, 1.82) is 0 Å². The summed E-state index contributed by atoms with van der Waals surface area (Å²) < 4.78 is 1.68. The topological polar surface area (TPSA) is 55.9 Å². The van der Waals surface area contributed by atoms with Crippen LogP contribution in [0.15, 0.2) is 12.3 Å². The van der Waals surface area contributed by atoms with Gasteiger partial charge in [-0.15, -0.1) is 24.8 Å². The molecule has 0 bridgehead atoms. The van der Waals surface area contributed by atoms with Gasteiger partial charge in [0.1, 0.15) is 0 Å². The fourth-order valence-corrected chi connectivity index (χ4v) is 0.492. The third kappa shape index (κ3) is 2.91. The van der Waals surface area contributed by atoms with Gasteiger partial charge in [-0.1, -0.05) is 0 Å². The summed E-state index contributed by atoms with van der Waals surface area (Å²) in [5.41, 5.74) is 2.42. The molecule has 0 saturated heterocycles. The number of nitrogen functional groups attached to an aromatic ring is 1. The highest BCUT2D eigenvalue weighted by Gasteiger charge is 1.87. The number of hydrogen-bond acceptors (Lipinski definition) is 3. The lowest BCUT2D eigenvalue weighted by molar-refractivity contribution is 0.769. The zero-order valence-electron chi connectivity index (χ0n) is 5.44. The molecule has 60 valence electrons. The van der Waals surface area contributed by atoms with Crippen molar-refractivity contribution >= 4 is 30.6 Å². The Labute approximate surface area is 71.6 Å². The molecule has 4 nitrogen and oxygen atoms in total. The van der Waals surface area contributed by atoms with E-state index >= 15 is 0 Å². The van der Waals surface area contributed by atoms with E-state index in [0.717, 1.165) is 0 Å². The van der Waals surface area contributed by atoms with Crippen LogP contribution >= 0.6 is 24.8 Å². The first kappa shape index (κ1) is 12.2. The Kier molecular flexibility index (Phi) is 6.54. The minimum Gasteiger partial charge on any atom is -0.307 e. The molecule has 0 aliphatic rings. The minimum absolute atomic E-state index is 0. The molecule has 0 radical (unpaired) electrons. The molecule has 0 saturated carbocycles. The van der Waals surface area contributed by atoms with Crippen molar-refractivity contribution in [2.24, 2.45) is 12.9 Å². The van der Waals surface area contributed by atoms with Gasteiger partial charge in [0.2, 0.25) is 0 Å². The highest BCUT2D eigenvalue weighted by atomic mass is 35.5. The van der Waals surface area contributed by atoms with E-state index < -0.39 is 0 Å². The minimum atomic E-state index is 0. The lowest BCUT2D eigenvalue weighted by Crippen LogP contribution is -2.07. The van der Waals surface area contributed by atoms with Crippen LogP contribution in [0.1, 0.15) is 0 Å². The second kappa shape index (κ2) is 5.34. The maximum Gasteiger partial charge on any atom is 0.161 e. The molecule has 6 heteroatoms. The number of rotatable bonds is 1. The van der Waals surface area contributed by atoms with Crippen LogP contribution in [-0.2, 0) is 7.05 Å². The molecule has 1 heterocycles. The number of nitrogens with two attached hydrogens (primary N) is 1. The molecule has 3 N–H and O–H groups in total. The van der Waals surface area contributed by atoms with E-state index in [4.69, 9.17) is 5.84 Å². The predicted molar refractivity (Wildman–Crippen MR) is 45.5 cm³/mol. The fraction of sp³-hybridized carbons (Fsp3) is 0.250. The van der Waals surface area contributed by atoms with E-state index in [2.05, 4.69) is 10.5 Å². The molecule has 1 aromatic rings. The van der Waals surface area contributed by atoms with E-state index in [1.165, 1.54) is 0 Å². The zero-order valence-corrected chi connectivity index (χ0v) is 7.08. The van der Waals surface area contributed by atoms with Gasteiger partial charge in [0.25, 0.3) is 0 Å². The van der Waals surface area contributed by atoms with Crippen molar-refractivity contribution < 1.29 is 0 Å². The molecular weight excluding hydrogens is 175 g/mol. The second-order valence-electron chi connectivity index (χ2n) is 1.52. The fourth-order valence-electron chi connectivity index (χ4n) is 0.492. The molecule has 0 aromatic carbocycles. The predicted octanol–water partition coefficient (Wildman–Crippen LogP) is 0.549. The maximum absolute atomic E-state index is 5.04. The van der Waals surface area contributed by atoms with Crippen LogP contribution in [0.25, 0.3) is 0 Å². The first-order chi connectivity index (χ1) is 3.83. The van der Waals surface area contributed by atoms with Gasteiger partial charge >= 0.3 is 0 Å². The number of hydrazine groups is 1. The van der Waals surface area contributed by atoms with Crippen LogP contribution in [0.3, 0.4) is 0 Å². The monoisotopic (exact) mass is 184 g/mol. The Morgan fingerprint density at radius 1 is 1.60 bits per heavy atom. The Bertz CT molecular complexity index is 176. The Balaban J connectivity index is 0. The van der Waals surface area contributed by atoms with Gasteiger partial charge < -0.3 is 5.43 Å². The van der Waals surface area contributed by atoms with Crippen LogP contribution in [0, 0.1) is 0 Å². The summed E-state index contributed by atoms with van der Waals surface area (Å²) in [6.07, 6.45) is 1.81. The Hall–Kier alpha value is -0.450. The van der Waals surface area contributed by atoms with Crippen LogP contribution in [0.5, 0.6) is 0 Å². The Morgan fingerprint density at radius 2 is 2.20 bits per heavy atom. The van der Waals surface area contributed by atoms with Crippen molar-refractivity contribution in [1.82, 2.24) is 9.78 Å². The van der Waals surface area contributed by atoms with Gasteiger partial charge in [-0.2, -0.15) is 5.10 Å². The van der Waals surface area contributed by atoms with E-state index in [1.807, 2.05) is 13.2 Å². The number of aryl methyl sites for hydroxylation is 1. The summed E-state index contributed by atoms with van der Waals surface area (Å²) in [5, 5.41) is 3.91. The van der Waals surface area contributed by atoms with Crippen LogP contribution < -0.4 is 11.3 Å². The summed E-state index contributed by atoms with van der Waals surface area (Å²) >= 11 is 0. The molecule has 0 aliphatic heterocycles. The number of anilines is 1. The first-order valence-electron chi connectivity index (χ1n) is 2.29. The lowest BCUT2D eigenvalue weighted by atomic mass is 10.7.